The molecule has 2 heterocycles. The number of amides is 2. The monoisotopic (exact) mass is 494 g/mol. The van der Waals surface area contributed by atoms with Crippen LogP contribution >= 0.6 is 0 Å². The van der Waals surface area contributed by atoms with Gasteiger partial charge < -0.3 is 19.0 Å². The number of furan rings is 1. The number of carbonyl (C=O) groups is 2. The smallest absolute Gasteiger partial charge is 0.260 e. The van der Waals surface area contributed by atoms with Crippen LogP contribution in [-0.4, -0.2) is 41.8 Å². The minimum atomic E-state index is -0.253. The molecule has 1 aliphatic rings. The largest absolute Gasteiger partial charge is 0.484 e. The minimum Gasteiger partial charge on any atom is -0.484 e. The van der Waals surface area contributed by atoms with Crippen LogP contribution in [0.3, 0.4) is 0 Å². The summed E-state index contributed by atoms with van der Waals surface area (Å²) in [5.74, 6) is 1.17. The Balaban J connectivity index is 1.41. The van der Waals surface area contributed by atoms with E-state index in [1.807, 2.05) is 59.5 Å². The maximum Gasteiger partial charge on any atom is 0.260 e. The molecule has 0 fully saturated rings. The van der Waals surface area contributed by atoms with Crippen molar-refractivity contribution < 1.29 is 18.7 Å². The molecule has 0 N–H and O–H groups in total. The van der Waals surface area contributed by atoms with E-state index in [0.29, 0.717) is 30.2 Å². The Hall–Kier alpha value is -4.32. The van der Waals surface area contributed by atoms with Crippen LogP contribution in [0.2, 0.25) is 0 Å². The topological polar surface area (TPSA) is 63.0 Å². The van der Waals surface area contributed by atoms with Crippen LogP contribution in [0.25, 0.3) is 0 Å². The van der Waals surface area contributed by atoms with Crippen LogP contribution < -0.4 is 4.74 Å². The van der Waals surface area contributed by atoms with Crippen molar-refractivity contribution in [3.8, 4) is 5.75 Å². The van der Waals surface area contributed by atoms with Gasteiger partial charge in [0.1, 0.15) is 11.5 Å². The number of hydrogen-bond donors (Lipinski definition) is 0. The van der Waals surface area contributed by atoms with Crippen LogP contribution in [-0.2, 0) is 17.8 Å². The summed E-state index contributed by atoms with van der Waals surface area (Å²) in [6.45, 7) is 2.97. The Morgan fingerprint density at radius 3 is 2.59 bits per heavy atom. The summed E-state index contributed by atoms with van der Waals surface area (Å²) < 4.78 is 11.3. The van der Waals surface area contributed by atoms with Gasteiger partial charge in [-0.2, -0.15) is 0 Å². The van der Waals surface area contributed by atoms with Gasteiger partial charge >= 0.3 is 0 Å². The first kappa shape index (κ1) is 24.4. The lowest BCUT2D eigenvalue weighted by Gasteiger charge is -2.38. The zero-order valence-electron chi connectivity index (χ0n) is 21.1. The third kappa shape index (κ3) is 5.43. The van der Waals surface area contributed by atoms with E-state index in [2.05, 4.69) is 31.2 Å². The zero-order valence-corrected chi connectivity index (χ0v) is 21.1. The number of fused-ring (bicyclic) bond motifs is 1. The van der Waals surface area contributed by atoms with E-state index in [9.17, 15) is 9.59 Å². The second-order valence-corrected chi connectivity index (χ2v) is 9.41. The third-order valence-electron chi connectivity index (χ3n) is 6.75. The average Bonchev–Trinajstić information content (AvgIpc) is 3.44. The fourth-order valence-electron chi connectivity index (χ4n) is 4.83. The summed E-state index contributed by atoms with van der Waals surface area (Å²) in [5.41, 5.74) is 5.06. The van der Waals surface area contributed by atoms with Gasteiger partial charge in [0.15, 0.2) is 6.61 Å². The molecule has 0 radical (unpaired) electrons. The van der Waals surface area contributed by atoms with Crippen molar-refractivity contribution in [1.29, 1.82) is 0 Å². The summed E-state index contributed by atoms with van der Waals surface area (Å²) >= 11 is 0. The highest BCUT2D eigenvalue weighted by Gasteiger charge is 2.33. The SMILES string of the molecule is Cc1cccc(C2c3cc(OCC(=O)N(C)Cc4ccco4)ccc3CCN2C(=O)c2ccccc2)c1. The molecule has 37 heavy (non-hydrogen) atoms. The average molecular weight is 495 g/mol. The lowest BCUT2D eigenvalue weighted by Crippen LogP contribution is -2.40. The molecule has 6 nitrogen and oxygen atoms in total. The van der Waals surface area contributed by atoms with Crippen molar-refractivity contribution in [2.24, 2.45) is 0 Å². The molecule has 0 saturated heterocycles. The van der Waals surface area contributed by atoms with E-state index >= 15 is 0 Å². The number of rotatable bonds is 7. The lowest BCUT2D eigenvalue weighted by molar-refractivity contribution is -0.132. The van der Waals surface area contributed by atoms with Gasteiger partial charge in [0.25, 0.3) is 11.8 Å². The van der Waals surface area contributed by atoms with Gasteiger partial charge in [-0.25, -0.2) is 0 Å². The summed E-state index contributed by atoms with van der Waals surface area (Å²) in [7, 11) is 1.72. The molecular weight excluding hydrogens is 464 g/mol. The van der Waals surface area contributed by atoms with E-state index < -0.39 is 0 Å². The molecule has 1 unspecified atom stereocenters. The Labute approximate surface area is 217 Å². The van der Waals surface area contributed by atoms with Crippen molar-refractivity contribution in [1.82, 2.24) is 9.80 Å². The van der Waals surface area contributed by atoms with Crippen LogP contribution in [0, 0.1) is 6.92 Å². The Bertz CT molecular complexity index is 1380. The van der Waals surface area contributed by atoms with Crippen molar-refractivity contribution in [2.75, 3.05) is 20.2 Å². The first-order valence-corrected chi connectivity index (χ1v) is 12.4. The molecule has 2 amide bonds. The second-order valence-electron chi connectivity index (χ2n) is 9.41. The summed E-state index contributed by atoms with van der Waals surface area (Å²) in [4.78, 5) is 29.8. The maximum absolute atomic E-state index is 13.6. The van der Waals surface area contributed by atoms with Crippen molar-refractivity contribution in [3.05, 3.63) is 125 Å². The van der Waals surface area contributed by atoms with Gasteiger partial charge in [0, 0.05) is 19.2 Å². The number of benzene rings is 3. The first-order valence-electron chi connectivity index (χ1n) is 12.4. The molecule has 3 aromatic carbocycles. The highest BCUT2D eigenvalue weighted by atomic mass is 16.5. The molecule has 0 aliphatic carbocycles. The molecule has 1 aliphatic heterocycles. The van der Waals surface area contributed by atoms with Crippen molar-refractivity contribution >= 4 is 11.8 Å². The molecule has 188 valence electrons. The maximum atomic E-state index is 13.6. The fourth-order valence-corrected chi connectivity index (χ4v) is 4.83. The Kier molecular flexibility index (Phi) is 7.08. The van der Waals surface area contributed by atoms with Gasteiger partial charge in [-0.1, -0.05) is 54.1 Å². The molecule has 4 aromatic rings. The number of hydrogen-bond acceptors (Lipinski definition) is 4. The van der Waals surface area contributed by atoms with Crippen molar-refractivity contribution in [2.45, 2.75) is 25.9 Å². The van der Waals surface area contributed by atoms with E-state index in [1.165, 1.54) is 5.56 Å². The highest BCUT2D eigenvalue weighted by Crippen LogP contribution is 2.38. The lowest BCUT2D eigenvalue weighted by atomic mass is 9.87. The number of ether oxygens (including phenoxy) is 1. The quantitative estimate of drug-likeness (QED) is 0.345. The number of likely N-dealkylation sites (N-methyl/N-ethyl adjacent to an activating group) is 1. The van der Waals surface area contributed by atoms with E-state index in [1.54, 1.807) is 24.3 Å². The van der Waals surface area contributed by atoms with Crippen molar-refractivity contribution in [3.63, 3.8) is 0 Å². The Morgan fingerprint density at radius 1 is 1.00 bits per heavy atom. The molecule has 0 bridgehead atoms. The summed E-state index contributed by atoms with van der Waals surface area (Å²) in [6.07, 6.45) is 2.34. The molecular formula is C31H30N2O4. The first-order chi connectivity index (χ1) is 18.0. The number of nitrogens with zero attached hydrogens (tertiary/aromatic N) is 2. The predicted molar refractivity (Wildman–Crippen MR) is 141 cm³/mol. The number of carbonyl (C=O) groups excluding carboxylic acids is 2. The molecule has 1 aromatic heterocycles. The normalized spacial score (nSPS) is 14.6. The van der Waals surface area contributed by atoms with Crippen LogP contribution in [0.15, 0.2) is 95.6 Å². The fraction of sp³-hybridized carbons (Fsp3) is 0.226. The van der Waals surface area contributed by atoms with Gasteiger partial charge in [0.05, 0.1) is 18.8 Å². The Morgan fingerprint density at radius 2 is 1.84 bits per heavy atom. The molecule has 0 saturated carbocycles. The summed E-state index contributed by atoms with van der Waals surface area (Å²) in [6, 6.07) is 27.0. The van der Waals surface area contributed by atoms with E-state index in [4.69, 9.17) is 9.15 Å². The highest BCUT2D eigenvalue weighted by molar-refractivity contribution is 5.95. The predicted octanol–water partition coefficient (Wildman–Crippen LogP) is 5.41. The number of aryl methyl sites for hydroxylation is 1. The second kappa shape index (κ2) is 10.7. The van der Waals surface area contributed by atoms with Gasteiger partial charge in [-0.05, 0) is 66.4 Å². The zero-order chi connectivity index (χ0) is 25.8. The van der Waals surface area contributed by atoms with Gasteiger partial charge in [-0.3, -0.25) is 9.59 Å². The molecule has 1 atom stereocenters. The minimum absolute atomic E-state index is 0.00111. The molecule has 0 spiro atoms. The summed E-state index contributed by atoms with van der Waals surface area (Å²) in [5, 5.41) is 0. The van der Waals surface area contributed by atoms with E-state index in [-0.39, 0.29) is 24.5 Å². The molecule has 6 heteroatoms. The van der Waals surface area contributed by atoms with Crippen LogP contribution in [0.5, 0.6) is 5.75 Å². The standard InChI is InChI=1S/C31H30N2O4/c1-22-8-6-11-25(18-22)30-28-19-26(37-21-29(34)32(2)20-27-12-7-17-36-27)14-13-23(28)15-16-33(30)31(35)24-9-4-3-5-10-24/h3-14,17-19,30H,15-16,20-21H2,1-2H3. The van der Waals surface area contributed by atoms with Gasteiger partial charge in [0.2, 0.25) is 0 Å². The van der Waals surface area contributed by atoms with Crippen LogP contribution in [0.1, 0.15) is 44.4 Å². The third-order valence-corrected chi connectivity index (χ3v) is 6.75. The van der Waals surface area contributed by atoms with Gasteiger partial charge in [-0.15, -0.1) is 0 Å². The van der Waals surface area contributed by atoms with E-state index in [0.717, 1.165) is 23.1 Å². The van der Waals surface area contributed by atoms with Crippen LogP contribution in [0.4, 0.5) is 0 Å². The molecule has 5 rings (SSSR count).